The summed E-state index contributed by atoms with van der Waals surface area (Å²) >= 11 is 0. The van der Waals surface area contributed by atoms with Crippen molar-refractivity contribution < 1.29 is 4.79 Å². The number of ketones is 1. The minimum atomic E-state index is 0.339. The van der Waals surface area contributed by atoms with Crippen LogP contribution in [0.4, 0.5) is 0 Å². The van der Waals surface area contributed by atoms with Crippen LogP contribution in [-0.4, -0.2) is 5.78 Å². The van der Waals surface area contributed by atoms with Gasteiger partial charge in [0.2, 0.25) is 0 Å². The maximum Gasteiger partial charge on any atom is 0.155 e. The summed E-state index contributed by atoms with van der Waals surface area (Å²) < 4.78 is 0. The fourth-order valence-electron chi connectivity index (χ4n) is 7.15. The van der Waals surface area contributed by atoms with Crippen LogP contribution in [0.1, 0.15) is 72.1 Å². The van der Waals surface area contributed by atoms with E-state index in [4.69, 9.17) is 0 Å². The van der Waals surface area contributed by atoms with Gasteiger partial charge in [0.1, 0.15) is 0 Å². The topological polar surface area (TPSA) is 17.1 Å². The van der Waals surface area contributed by atoms with Crippen molar-refractivity contribution in [2.45, 2.75) is 72.1 Å². The van der Waals surface area contributed by atoms with Crippen molar-refractivity contribution in [1.82, 2.24) is 0 Å². The maximum atomic E-state index is 11.9. The molecule has 6 atom stereocenters. The van der Waals surface area contributed by atoms with Crippen molar-refractivity contribution in [2.24, 2.45) is 34.5 Å². The number of hydrogen-bond acceptors (Lipinski definition) is 1. The standard InChI is InChI=1S/C21H31O/c1-4-14-6-8-18-17-7-5-15-13-16(22)9-11-21(15,3)19(17)10-12-20(14,18)2/h4,13-14,17-19H,5-12H2,1-3H3/t14-,17-,18-,19-,20+,21-/m0/s1. The van der Waals surface area contributed by atoms with Gasteiger partial charge in [-0.3, -0.25) is 4.79 Å². The van der Waals surface area contributed by atoms with E-state index in [2.05, 4.69) is 27.2 Å². The van der Waals surface area contributed by atoms with Gasteiger partial charge in [0.05, 0.1) is 0 Å². The van der Waals surface area contributed by atoms with E-state index in [0.717, 1.165) is 36.5 Å². The quantitative estimate of drug-likeness (QED) is 0.637. The first kappa shape index (κ1) is 15.0. The van der Waals surface area contributed by atoms with Crippen LogP contribution in [0.25, 0.3) is 0 Å². The molecule has 0 saturated heterocycles. The van der Waals surface area contributed by atoms with Crippen molar-refractivity contribution >= 4 is 5.78 Å². The van der Waals surface area contributed by atoms with Crippen molar-refractivity contribution in [3.63, 3.8) is 0 Å². The third kappa shape index (κ3) is 1.86. The second-order valence-electron chi connectivity index (χ2n) is 9.03. The van der Waals surface area contributed by atoms with Crippen LogP contribution in [0.5, 0.6) is 0 Å². The van der Waals surface area contributed by atoms with E-state index in [1.54, 1.807) is 0 Å². The first-order valence-electron chi connectivity index (χ1n) is 9.52. The number of allylic oxidation sites excluding steroid dienone is 1. The van der Waals surface area contributed by atoms with Gasteiger partial charge in [0, 0.05) is 6.42 Å². The summed E-state index contributed by atoms with van der Waals surface area (Å²) in [5, 5.41) is 0. The largest absolute Gasteiger partial charge is 0.295 e. The van der Waals surface area contributed by atoms with Crippen molar-refractivity contribution in [3.8, 4) is 0 Å². The normalized spacial score (nSPS) is 50.9. The Bertz CT molecular complexity index is 518. The van der Waals surface area contributed by atoms with Gasteiger partial charge in [-0.1, -0.05) is 26.3 Å². The smallest absolute Gasteiger partial charge is 0.155 e. The Hall–Kier alpha value is -0.590. The minimum Gasteiger partial charge on any atom is -0.295 e. The van der Waals surface area contributed by atoms with E-state index in [0.29, 0.717) is 16.6 Å². The molecular formula is C21H31O. The first-order chi connectivity index (χ1) is 10.5. The Morgan fingerprint density at radius 3 is 2.64 bits per heavy atom. The van der Waals surface area contributed by atoms with Gasteiger partial charge >= 0.3 is 0 Å². The van der Waals surface area contributed by atoms with Gasteiger partial charge < -0.3 is 0 Å². The lowest BCUT2D eigenvalue weighted by atomic mass is 9.47. The molecule has 121 valence electrons. The molecule has 4 aliphatic rings. The molecule has 0 amide bonds. The summed E-state index contributed by atoms with van der Waals surface area (Å²) in [5.74, 6) is 3.92. The predicted molar refractivity (Wildman–Crippen MR) is 90.2 cm³/mol. The lowest BCUT2D eigenvalue weighted by molar-refractivity contribution is -0.117. The molecule has 1 heteroatoms. The molecule has 0 aliphatic heterocycles. The minimum absolute atomic E-state index is 0.339. The number of hydrogen-bond donors (Lipinski definition) is 0. The van der Waals surface area contributed by atoms with Crippen molar-refractivity contribution in [1.29, 1.82) is 0 Å². The van der Waals surface area contributed by atoms with E-state index in [1.165, 1.54) is 44.1 Å². The van der Waals surface area contributed by atoms with Crippen LogP contribution in [0.15, 0.2) is 11.6 Å². The molecule has 0 spiro atoms. The summed E-state index contributed by atoms with van der Waals surface area (Å²) in [6.07, 6.45) is 14.6. The molecule has 3 fully saturated rings. The molecule has 0 aromatic carbocycles. The van der Waals surface area contributed by atoms with Crippen LogP contribution < -0.4 is 0 Å². The summed E-state index contributed by atoms with van der Waals surface area (Å²) in [4.78, 5) is 11.9. The van der Waals surface area contributed by atoms with Crippen molar-refractivity contribution in [2.75, 3.05) is 0 Å². The molecule has 1 radical (unpaired) electrons. The van der Waals surface area contributed by atoms with Crippen LogP contribution in [0, 0.1) is 40.9 Å². The molecule has 0 aromatic rings. The fraction of sp³-hybridized carbons (Fsp3) is 0.810. The van der Waals surface area contributed by atoms with E-state index < -0.39 is 0 Å². The first-order valence-corrected chi connectivity index (χ1v) is 9.52. The Balaban J connectivity index is 1.67. The number of carbonyl (C=O) groups is 1. The van der Waals surface area contributed by atoms with Gasteiger partial charge in [-0.15, -0.1) is 0 Å². The summed E-state index contributed by atoms with van der Waals surface area (Å²) in [6.45, 7) is 7.35. The van der Waals surface area contributed by atoms with Crippen LogP contribution in [0.2, 0.25) is 0 Å². The molecular weight excluding hydrogens is 268 g/mol. The molecule has 0 N–H and O–H groups in total. The maximum absolute atomic E-state index is 11.9. The second-order valence-corrected chi connectivity index (χ2v) is 9.03. The van der Waals surface area contributed by atoms with E-state index >= 15 is 0 Å². The zero-order chi connectivity index (χ0) is 15.5. The summed E-state index contributed by atoms with van der Waals surface area (Å²) in [5.41, 5.74) is 2.41. The third-order valence-corrected chi connectivity index (χ3v) is 8.44. The monoisotopic (exact) mass is 299 g/mol. The highest BCUT2D eigenvalue weighted by molar-refractivity contribution is 5.91. The average Bonchev–Trinajstić information content (AvgIpc) is 2.84. The lowest BCUT2D eigenvalue weighted by Gasteiger charge is -2.58. The lowest BCUT2D eigenvalue weighted by Crippen LogP contribution is -2.50. The Morgan fingerprint density at radius 2 is 1.86 bits per heavy atom. The molecule has 0 heterocycles. The molecule has 0 unspecified atom stereocenters. The van der Waals surface area contributed by atoms with E-state index in [1.807, 2.05) is 6.08 Å². The van der Waals surface area contributed by atoms with Crippen LogP contribution in [-0.2, 0) is 4.79 Å². The molecule has 4 rings (SSSR count). The number of carbonyl (C=O) groups excluding carboxylic acids is 1. The Labute approximate surface area is 135 Å². The van der Waals surface area contributed by atoms with Crippen LogP contribution in [0.3, 0.4) is 0 Å². The molecule has 22 heavy (non-hydrogen) atoms. The van der Waals surface area contributed by atoms with Crippen molar-refractivity contribution in [3.05, 3.63) is 18.1 Å². The third-order valence-electron chi connectivity index (χ3n) is 8.44. The molecule has 3 saturated carbocycles. The SMILES string of the molecule is C[CH][C@H]1CC[C@H]2[C@@H]3CCC4=CC(=O)CC[C@]4(C)[C@H]3CC[C@]12C. The molecule has 0 aromatic heterocycles. The Kier molecular flexibility index (Phi) is 3.37. The zero-order valence-electron chi connectivity index (χ0n) is 14.5. The zero-order valence-corrected chi connectivity index (χ0v) is 14.5. The highest BCUT2D eigenvalue weighted by Crippen LogP contribution is 2.66. The van der Waals surface area contributed by atoms with E-state index in [9.17, 15) is 4.79 Å². The van der Waals surface area contributed by atoms with E-state index in [-0.39, 0.29) is 0 Å². The number of rotatable bonds is 1. The van der Waals surface area contributed by atoms with Crippen LogP contribution >= 0.6 is 0 Å². The van der Waals surface area contributed by atoms with Gasteiger partial charge in [-0.25, -0.2) is 0 Å². The summed E-state index contributed by atoms with van der Waals surface area (Å²) in [7, 11) is 0. The van der Waals surface area contributed by atoms with Gasteiger partial charge in [-0.2, -0.15) is 0 Å². The predicted octanol–water partition coefficient (Wildman–Crippen LogP) is 5.36. The molecule has 1 nitrogen and oxygen atoms in total. The highest BCUT2D eigenvalue weighted by atomic mass is 16.1. The molecule has 0 bridgehead atoms. The Morgan fingerprint density at radius 1 is 1.05 bits per heavy atom. The van der Waals surface area contributed by atoms with Gasteiger partial charge in [0.15, 0.2) is 5.78 Å². The number of fused-ring (bicyclic) bond motifs is 5. The summed E-state index contributed by atoms with van der Waals surface area (Å²) in [6, 6.07) is 0. The second kappa shape index (κ2) is 4.95. The highest BCUT2D eigenvalue weighted by Gasteiger charge is 2.58. The van der Waals surface area contributed by atoms with Gasteiger partial charge in [0.25, 0.3) is 0 Å². The fourth-order valence-corrected chi connectivity index (χ4v) is 7.15. The van der Waals surface area contributed by atoms with Gasteiger partial charge in [-0.05, 0) is 91.9 Å². The average molecular weight is 299 g/mol. The molecule has 4 aliphatic carbocycles.